The summed E-state index contributed by atoms with van der Waals surface area (Å²) in [6.07, 6.45) is 5.99. The molecule has 3 aromatic carbocycles. The van der Waals surface area contributed by atoms with Crippen molar-refractivity contribution in [3.05, 3.63) is 95.1 Å². The van der Waals surface area contributed by atoms with Gasteiger partial charge >= 0.3 is 0 Å². The topological polar surface area (TPSA) is 32.3 Å². The van der Waals surface area contributed by atoms with Gasteiger partial charge in [-0.05, 0) is 95.8 Å². The molecule has 200 valence electrons. The van der Waals surface area contributed by atoms with E-state index in [1.807, 2.05) is 26.0 Å². The normalized spacial score (nSPS) is 24.1. The minimum absolute atomic E-state index is 0.0447. The van der Waals surface area contributed by atoms with E-state index in [9.17, 15) is 4.79 Å². The summed E-state index contributed by atoms with van der Waals surface area (Å²) >= 11 is 0. The van der Waals surface area contributed by atoms with Gasteiger partial charge in [0.2, 0.25) is 0 Å². The highest BCUT2D eigenvalue weighted by atomic mass is 16.1. The second-order valence-electron chi connectivity index (χ2n) is 11.6. The Morgan fingerprint density at radius 3 is 2.39 bits per heavy atom. The minimum atomic E-state index is 0.0447. The van der Waals surface area contributed by atoms with Crippen molar-refractivity contribution in [3.8, 4) is 11.1 Å². The third-order valence-corrected chi connectivity index (χ3v) is 9.34. The summed E-state index contributed by atoms with van der Waals surface area (Å²) < 4.78 is 0. The number of hydrogen-bond donors (Lipinski definition) is 1. The molecule has 38 heavy (non-hydrogen) atoms. The van der Waals surface area contributed by atoms with E-state index in [1.54, 1.807) is 0 Å². The van der Waals surface area contributed by atoms with Crippen LogP contribution in [0.1, 0.15) is 74.0 Å². The van der Waals surface area contributed by atoms with Gasteiger partial charge in [-0.2, -0.15) is 0 Å². The number of benzene rings is 3. The number of amides is 1. The zero-order valence-electron chi connectivity index (χ0n) is 23.7. The molecule has 0 spiro atoms. The lowest BCUT2D eigenvalue weighted by atomic mass is 9.59. The summed E-state index contributed by atoms with van der Waals surface area (Å²) in [5, 5.41) is 3.17. The van der Waals surface area contributed by atoms with Gasteiger partial charge in [0.15, 0.2) is 0 Å². The molecular formula is C35H44N2O. The van der Waals surface area contributed by atoms with E-state index < -0.39 is 0 Å². The molecule has 3 aliphatic rings. The predicted molar refractivity (Wildman–Crippen MR) is 159 cm³/mol. The highest BCUT2D eigenvalue weighted by Crippen LogP contribution is 2.49. The van der Waals surface area contributed by atoms with E-state index in [1.165, 1.54) is 60.2 Å². The van der Waals surface area contributed by atoms with E-state index in [0.29, 0.717) is 18.5 Å². The van der Waals surface area contributed by atoms with E-state index in [0.717, 1.165) is 24.3 Å². The first kappa shape index (κ1) is 26.7. The highest BCUT2D eigenvalue weighted by Gasteiger charge is 2.49. The van der Waals surface area contributed by atoms with Crippen LogP contribution < -0.4 is 5.32 Å². The summed E-state index contributed by atoms with van der Waals surface area (Å²) in [6.45, 7) is 12.0. The molecule has 2 bridgehead atoms. The molecular weight excluding hydrogens is 464 g/mol. The largest absolute Gasteiger partial charge is 0.352 e. The van der Waals surface area contributed by atoms with Crippen LogP contribution in [-0.4, -0.2) is 36.5 Å². The first-order valence-electron chi connectivity index (χ1n) is 14.8. The Bertz CT molecular complexity index is 1230. The fourth-order valence-corrected chi connectivity index (χ4v) is 6.62. The Morgan fingerprint density at radius 1 is 0.974 bits per heavy atom. The van der Waals surface area contributed by atoms with Gasteiger partial charge in [-0.15, -0.1) is 0 Å². The van der Waals surface area contributed by atoms with E-state index in [4.69, 9.17) is 0 Å². The summed E-state index contributed by atoms with van der Waals surface area (Å²) in [6, 6.07) is 26.2. The third-order valence-electron chi connectivity index (χ3n) is 9.34. The Balaban J connectivity index is 0.00000144. The Labute approximate surface area is 229 Å². The number of carbonyl (C=O) groups is 1. The van der Waals surface area contributed by atoms with Crippen LogP contribution in [0.4, 0.5) is 0 Å². The van der Waals surface area contributed by atoms with Crippen molar-refractivity contribution in [3.63, 3.8) is 0 Å². The van der Waals surface area contributed by atoms with E-state index >= 15 is 0 Å². The third kappa shape index (κ3) is 5.45. The summed E-state index contributed by atoms with van der Waals surface area (Å²) in [4.78, 5) is 15.9. The lowest BCUT2D eigenvalue weighted by molar-refractivity contribution is 0.0284. The Morgan fingerprint density at radius 2 is 1.68 bits per heavy atom. The number of likely N-dealkylation sites (tertiary alicyclic amines) is 1. The maximum absolute atomic E-state index is 13.1. The quantitative estimate of drug-likeness (QED) is 0.363. The fraction of sp³-hybridized carbons (Fsp3) is 0.457. The van der Waals surface area contributed by atoms with Crippen molar-refractivity contribution in [1.29, 1.82) is 0 Å². The molecule has 1 unspecified atom stereocenters. The average molecular weight is 509 g/mol. The van der Waals surface area contributed by atoms with Gasteiger partial charge in [0.25, 0.3) is 5.91 Å². The maximum Gasteiger partial charge on any atom is 0.251 e. The summed E-state index contributed by atoms with van der Waals surface area (Å²) in [5.41, 5.74) is 7.53. The van der Waals surface area contributed by atoms with Crippen LogP contribution in [0.5, 0.6) is 0 Å². The van der Waals surface area contributed by atoms with Crippen molar-refractivity contribution < 1.29 is 4.79 Å². The molecule has 1 saturated carbocycles. The predicted octanol–water partition coefficient (Wildman–Crippen LogP) is 7.29. The fourth-order valence-electron chi connectivity index (χ4n) is 6.62. The molecule has 3 aromatic rings. The van der Waals surface area contributed by atoms with Gasteiger partial charge in [0, 0.05) is 24.7 Å². The lowest BCUT2D eigenvalue weighted by Gasteiger charge is -2.55. The smallest absolute Gasteiger partial charge is 0.251 e. The van der Waals surface area contributed by atoms with Gasteiger partial charge in [0.1, 0.15) is 0 Å². The molecule has 2 fully saturated rings. The van der Waals surface area contributed by atoms with Crippen LogP contribution in [0.15, 0.2) is 72.8 Å². The number of fused-ring (bicyclic) bond motifs is 4. The SMILES string of the molecule is CC.C[C@H]1C2Cc3ccc(C(=O)NCCc4ccc(-c5ccccc5)cc4)cc3[C@@]1(C)CCN2CC1CC1. The van der Waals surface area contributed by atoms with Gasteiger partial charge in [0.05, 0.1) is 0 Å². The molecule has 1 N–H and O–H groups in total. The number of nitrogens with zero attached hydrogens (tertiary/aromatic N) is 1. The van der Waals surface area contributed by atoms with E-state index in [2.05, 4.69) is 84.7 Å². The molecule has 3 atom stereocenters. The van der Waals surface area contributed by atoms with Gasteiger partial charge in [-0.1, -0.05) is 88.4 Å². The van der Waals surface area contributed by atoms with Crippen LogP contribution in [-0.2, 0) is 18.3 Å². The Hall–Kier alpha value is -2.91. The van der Waals surface area contributed by atoms with Crippen molar-refractivity contribution in [1.82, 2.24) is 10.2 Å². The van der Waals surface area contributed by atoms with Gasteiger partial charge in [-0.25, -0.2) is 0 Å². The Kier molecular flexibility index (Phi) is 8.04. The van der Waals surface area contributed by atoms with Crippen LogP contribution >= 0.6 is 0 Å². The standard InChI is InChI=1S/C33H38N2O.C2H6/c1-23-31-21-28-14-15-29(20-30(28)33(23,2)17-19-35(31)22-25-8-9-25)32(36)34-18-16-24-10-12-27(13-11-24)26-6-4-3-5-7-26;1-2/h3-7,10-15,20,23,25,31H,8-9,16-19,21-22H2,1-2H3,(H,34,36);1-2H3/t23-,31?,33-;/m0./s1. The van der Waals surface area contributed by atoms with Crippen LogP contribution in [0.25, 0.3) is 11.1 Å². The molecule has 1 aliphatic heterocycles. The molecule has 3 nitrogen and oxygen atoms in total. The number of nitrogens with one attached hydrogen (secondary N) is 1. The molecule has 1 heterocycles. The summed E-state index contributed by atoms with van der Waals surface area (Å²) in [5.74, 6) is 1.61. The number of piperidine rings is 1. The molecule has 2 aliphatic carbocycles. The lowest BCUT2D eigenvalue weighted by Crippen LogP contribution is -2.58. The molecule has 0 radical (unpaired) electrons. The zero-order chi connectivity index (χ0) is 26.7. The number of rotatable bonds is 7. The first-order valence-corrected chi connectivity index (χ1v) is 14.8. The van der Waals surface area contributed by atoms with Crippen molar-refractivity contribution in [2.75, 3.05) is 19.6 Å². The maximum atomic E-state index is 13.1. The van der Waals surface area contributed by atoms with Gasteiger partial charge < -0.3 is 5.32 Å². The molecule has 3 heteroatoms. The molecule has 1 saturated heterocycles. The van der Waals surface area contributed by atoms with Crippen LogP contribution in [0, 0.1) is 11.8 Å². The molecule has 0 aromatic heterocycles. The highest BCUT2D eigenvalue weighted by molar-refractivity contribution is 5.94. The number of hydrogen-bond acceptors (Lipinski definition) is 2. The molecule has 1 amide bonds. The minimum Gasteiger partial charge on any atom is -0.352 e. The zero-order valence-corrected chi connectivity index (χ0v) is 23.7. The summed E-state index contributed by atoms with van der Waals surface area (Å²) in [7, 11) is 0. The second-order valence-corrected chi connectivity index (χ2v) is 11.6. The van der Waals surface area contributed by atoms with E-state index in [-0.39, 0.29) is 11.3 Å². The second kappa shape index (κ2) is 11.5. The van der Waals surface area contributed by atoms with Gasteiger partial charge in [-0.3, -0.25) is 9.69 Å². The van der Waals surface area contributed by atoms with Crippen LogP contribution in [0.3, 0.4) is 0 Å². The number of carbonyl (C=O) groups excluding carboxylic acids is 1. The van der Waals surface area contributed by atoms with Crippen molar-refractivity contribution in [2.45, 2.75) is 71.3 Å². The average Bonchev–Trinajstić information content (AvgIpc) is 3.78. The molecule has 6 rings (SSSR count). The van der Waals surface area contributed by atoms with Crippen molar-refractivity contribution >= 4 is 5.91 Å². The monoisotopic (exact) mass is 508 g/mol. The first-order chi connectivity index (χ1) is 18.5. The van der Waals surface area contributed by atoms with Crippen molar-refractivity contribution in [2.24, 2.45) is 11.8 Å². The van der Waals surface area contributed by atoms with Crippen LogP contribution in [0.2, 0.25) is 0 Å².